The molecular weight excluding hydrogens is 260 g/mol. The number of ether oxygens (including phenoxy) is 1. The van der Waals surface area contributed by atoms with Gasteiger partial charge in [-0.3, -0.25) is 4.79 Å². The third-order valence-electron chi connectivity index (χ3n) is 2.65. The van der Waals surface area contributed by atoms with Crippen LogP contribution in [0.2, 0.25) is 0 Å². The smallest absolute Gasteiger partial charge is 0.243 e. The lowest BCUT2D eigenvalue weighted by Gasteiger charge is -2.06. The number of methoxy groups -OCH3 is 1. The van der Waals surface area contributed by atoms with Crippen LogP contribution in [-0.2, 0) is 4.79 Å². The Morgan fingerprint density at radius 2 is 2.15 bits per heavy atom. The summed E-state index contributed by atoms with van der Waals surface area (Å²) in [5.41, 5.74) is 5.90. The van der Waals surface area contributed by atoms with Crippen molar-refractivity contribution in [1.82, 2.24) is 5.32 Å². The number of nitrogens with one attached hydrogen (secondary N) is 1. The molecule has 6 heteroatoms. The highest BCUT2D eigenvalue weighted by atomic mass is 16.5. The van der Waals surface area contributed by atoms with Gasteiger partial charge < -0.3 is 26.0 Å². The summed E-state index contributed by atoms with van der Waals surface area (Å²) in [7, 11) is 1.38. The van der Waals surface area contributed by atoms with Gasteiger partial charge in [0.15, 0.2) is 11.5 Å². The maximum absolute atomic E-state index is 11.5. The Balaban J connectivity index is 2.61. The number of unbranched alkanes of at least 4 members (excludes halogenated alkanes) is 1. The van der Waals surface area contributed by atoms with E-state index in [1.165, 1.54) is 31.4 Å². The fourth-order valence-corrected chi connectivity index (χ4v) is 1.58. The standard InChI is InChI=1S/C14H20N2O4/c1-20-12-9-10(8-11(17)14(12)19)4-5-13(18)16-7-3-2-6-15/h4-5,8-9,17,19H,2-3,6-7,15H2,1H3,(H,16,18)/b5-4+. The number of rotatable bonds is 7. The Morgan fingerprint density at radius 1 is 1.40 bits per heavy atom. The van der Waals surface area contributed by atoms with E-state index in [0.717, 1.165) is 12.8 Å². The van der Waals surface area contributed by atoms with Gasteiger partial charge in [0.05, 0.1) is 7.11 Å². The minimum absolute atomic E-state index is 0.146. The first kappa shape index (κ1) is 15.8. The summed E-state index contributed by atoms with van der Waals surface area (Å²) in [4.78, 5) is 11.5. The first-order valence-corrected chi connectivity index (χ1v) is 6.34. The molecule has 0 saturated heterocycles. The molecule has 6 nitrogen and oxygen atoms in total. The normalized spacial score (nSPS) is 10.7. The number of hydrogen-bond acceptors (Lipinski definition) is 5. The number of phenolic OH excluding ortho intramolecular Hbond substituents is 2. The highest BCUT2D eigenvalue weighted by molar-refractivity contribution is 5.91. The molecule has 0 atom stereocenters. The quantitative estimate of drug-likeness (QED) is 0.338. The van der Waals surface area contributed by atoms with Gasteiger partial charge in [-0.2, -0.15) is 0 Å². The predicted molar refractivity (Wildman–Crippen MR) is 76.7 cm³/mol. The van der Waals surface area contributed by atoms with Gasteiger partial charge in [-0.25, -0.2) is 0 Å². The zero-order valence-electron chi connectivity index (χ0n) is 11.4. The summed E-state index contributed by atoms with van der Waals surface area (Å²) >= 11 is 0. The Kier molecular flexibility index (Phi) is 6.39. The number of nitrogens with two attached hydrogens (primary N) is 1. The molecule has 1 aromatic carbocycles. The lowest BCUT2D eigenvalue weighted by molar-refractivity contribution is -0.116. The minimum atomic E-state index is -0.323. The largest absolute Gasteiger partial charge is 0.504 e. The van der Waals surface area contributed by atoms with Crippen LogP contribution in [0.5, 0.6) is 17.2 Å². The van der Waals surface area contributed by atoms with Crippen molar-refractivity contribution in [3.8, 4) is 17.2 Å². The molecule has 1 amide bonds. The van der Waals surface area contributed by atoms with Gasteiger partial charge in [-0.15, -0.1) is 0 Å². The van der Waals surface area contributed by atoms with Gasteiger partial charge in [0, 0.05) is 12.6 Å². The Morgan fingerprint density at radius 3 is 2.80 bits per heavy atom. The fourth-order valence-electron chi connectivity index (χ4n) is 1.58. The second kappa shape index (κ2) is 8.06. The van der Waals surface area contributed by atoms with Crippen LogP contribution >= 0.6 is 0 Å². The molecule has 0 unspecified atom stereocenters. The highest BCUT2D eigenvalue weighted by Crippen LogP contribution is 2.36. The molecule has 0 saturated carbocycles. The molecular formula is C14H20N2O4. The molecule has 20 heavy (non-hydrogen) atoms. The molecule has 1 rings (SSSR count). The fraction of sp³-hybridized carbons (Fsp3) is 0.357. The summed E-state index contributed by atoms with van der Waals surface area (Å²) < 4.78 is 4.91. The molecule has 0 aliphatic rings. The molecule has 0 aromatic heterocycles. The summed E-state index contributed by atoms with van der Waals surface area (Å²) in [5, 5.41) is 21.7. The lowest BCUT2D eigenvalue weighted by Crippen LogP contribution is -2.22. The molecule has 0 radical (unpaired) electrons. The number of carbonyl (C=O) groups is 1. The Labute approximate surface area is 117 Å². The Hall–Kier alpha value is -2.21. The average Bonchev–Trinajstić information content (AvgIpc) is 2.44. The van der Waals surface area contributed by atoms with Crippen LogP contribution in [0, 0.1) is 0 Å². The molecule has 0 aliphatic heterocycles. The van der Waals surface area contributed by atoms with Crippen molar-refractivity contribution in [2.24, 2.45) is 5.73 Å². The van der Waals surface area contributed by atoms with Gasteiger partial charge in [0.2, 0.25) is 11.7 Å². The number of amides is 1. The molecule has 110 valence electrons. The van der Waals surface area contributed by atoms with E-state index < -0.39 is 0 Å². The molecule has 0 aliphatic carbocycles. The van der Waals surface area contributed by atoms with E-state index in [1.807, 2.05) is 0 Å². The van der Waals surface area contributed by atoms with Crippen LogP contribution in [0.1, 0.15) is 18.4 Å². The van der Waals surface area contributed by atoms with Crippen LogP contribution in [0.25, 0.3) is 6.08 Å². The van der Waals surface area contributed by atoms with Crippen LogP contribution in [-0.4, -0.2) is 36.3 Å². The van der Waals surface area contributed by atoms with Crippen LogP contribution < -0.4 is 15.8 Å². The van der Waals surface area contributed by atoms with Crippen LogP contribution in [0.3, 0.4) is 0 Å². The highest BCUT2D eigenvalue weighted by Gasteiger charge is 2.08. The summed E-state index contributed by atoms with van der Waals surface area (Å²) in [5.74, 6) is -0.704. The number of phenols is 2. The van der Waals surface area contributed by atoms with Gasteiger partial charge in [-0.05, 0) is 43.2 Å². The lowest BCUT2D eigenvalue weighted by atomic mass is 10.1. The average molecular weight is 280 g/mol. The number of hydrogen-bond donors (Lipinski definition) is 4. The predicted octanol–water partition coefficient (Wildman–Crippen LogP) is 0.975. The zero-order valence-corrected chi connectivity index (χ0v) is 11.4. The molecule has 0 fully saturated rings. The van der Waals surface area contributed by atoms with Crippen molar-refractivity contribution in [1.29, 1.82) is 0 Å². The first-order chi connectivity index (χ1) is 9.58. The van der Waals surface area contributed by atoms with E-state index in [-0.39, 0.29) is 23.2 Å². The monoisotopic (exact) mass is 280 g/mol. The van der Waals surface area contributed by atoms with Gasteiger partial charge >= 0.3 is 0 Å². The second-order valence-electron chi connectivity index (χ2n) is 4.21. The number of carbonyl (C=O) groups excluding carboxylic acids is 1. The maximum Gasteiger partial charge on any atom is 0.243 e. The van der Waals surface area contributed by atoms with Gasteiger partial charge in [-0.1, -0.05) is 0 Å². The number of aromatic hydroxyl groups is 2. The SMILES string of the molecule is COc1cc(/C=C/C(=O)NCCCCN)cc(O)c1O. The molecule has 0 spiro atoms. The maximum atomic E-state index is 11.5. The Bertz CT molecular complexity index is 486. The van der Waals surface area contributed by atoms with Crippen molar-refractivity contribution in [3.63, 3.8) is 0 Å². The van der Waals surface area contributed by atoms with Crippen molar-refractivity contribution in [2.45, 2.75) is 12.8 Å². The van der Waals surface area contributed by atoms with E-state index in [2.05, 4.69) is 5.32 Å². The van der Waals surface area contributed by atoms with E-state index >= 15 is 0 Å². The van der Waals surface area contributed by atoms with Crippen molar-refractivity contribution in [3.05, 3.63) is 23.8 Å². The topological polar surface area (TPSA) is 105 Å². The van der Waals surface area contributed by atoms with E-state index in [0.29, 0.717) is 18.7 Å². The third-order valence-corrected chi connectivity index (χ3v) is 2.65. The van der Waals surface area contributed by atoms with Crippen LogP contribution in [0.4, 0.5) is 0 Å². The van der Waals surface area contributed by atoms with Crippen LogP contribution in [0.15, 0.2) is 18.2 Å². The summed E-state index contributed by atoms with van der Waals surface area (Å²) in [6.07, 6.45) is 4.59. The molecule has 0 heterocycles. The third kappa shape index (κ3) is 4.81. The summed E-state index contributed by atoms with van der Waals surface area (Å²) in [6.45, 7) is 1.18. The van der Waals surface area contributed by atoms with Gasteiger partial charge in [0.1, 0.15) is 0 Å². The zero-order chi connectivity index (χ0) is 15.0. The second-order valence-corrected chi connectivity index (χ2v) is 4.21. The van der Waals surface area contributed by atoms with Crippen molar-refractivity contribution >= 4 is 12.0 Å². The van der Waals surface area contributed by atoms with Crippen molar-refractivity contribution in [2.75, 3.05) is 20.2 Å². The molecule has 1 aromatic rings. The summed E-state index contributed by atoms with van der Waals surface area (Å²) in [6, 6.07) is 2.86. The first-order valence-electron chi connectivity index (χ1n) is 6.34. The molecule has 0 bridgehead atoms. The minimum Gasteiger partial charge on any atom is -0.504 e. The van der Waals surface area contributed by atoms with E-state index in [4.69, 9.17) is 10.5 Å². The number of benzene rings is 1. The van der Waals surface area contributed by atoms with Crippen molar-refractivity contribution < 1.29 is 19.7 Å². The van der Waals surface area contributed by atoms with E-state index in [1.54, 1.807) is 0 Å². The molecule has 5 N–H and O–H groups in total. The van der Waals surface area contributed by atoms with E-state index in [9.17, 15) is 15.0 Å². The van der Waals surface area contributed by atoms with Gasteiger partial charge in [0.25, 0.3) is 0 Å².